The zero-order chi connectivity index (χ0) is 16.2. The van der Waals surface area contributed by atoms with Gasteiger partial charge in [0, 0.05) is 12.5 Å². The summed E-state index contributed by atoms with van der Waals surface area (Å²) >= 11 is 0. The molecule has 23 heavy (non-hydrogen) atoms. The minimum atomic E-state index is -0.495. The number of aliphatic hydroxyl groups is 1. The second-order valence-electron chi connectivity index (χ2n) is 6.89. The van der Waals surface area contributed by atoms with Gasteiger partial charge in [-0.25, -0.2) is 0 Å². The third kappa shape index (κ3) is 4.54. The second kappa shape index (κ2) is 7.45. The third-order valence-corrected chi connectivity index (χ3v) is 4.92. The van der Waals surface area contributed by atoms with Gasteiger partial charge in [-0.3, -0.25) is 9.59 Å². The van der Waals surface area contributed by atoms with Gasteiger partial charge in [-0.15, -0.1) is 0 Å². The van der Waals surface area contributed by atoms with Crippen LogP contribution in [0.3, 0.4) is 0 Å². The number of carbonyl (C=O) groups is 2. The van der Waals surface area contributed by atoms with E-state index in [1.807, 2.05) is 12.2 Å². The van der Waals surface area contributed by atoms with Crippen LogP contribution in [0.1, 0.15) is 38.5 Å². The molecule has 0 aromatic rings. The standard InChI is InChI=1S/C17H26N2O4/c20-10-15-14(19-17(22)12-2-1-3-12)7-6-13(23-15)8-16(21)18-9-11-4-5-11/h6-7,11-15,20H,1-5,8-10H2,(H,18,21)(H,19,22)/t13-,14+,15-/m0/s1. The van der Waals surface area contributed by atoms with Gasteiger partial charge in [0.2, 0.25) is 11.8 Å². The summed E-state index contributed by atoms with van der Waals surface area (Å²) in [6.45, 7) is 0.568. The van der Waals surface area contributed by atoms with Gasteiger partial charge in [0.15, 0.2) is 0 Å². The molecule has 6 heteroatoms. The van der Waals surface area contributed by atoms with Crippen molar-refractivity contribution >= 4 is 11.8 Å². The Morgan fingerprint density at radius 1 is 1.17 bits per heavy atom. The number of ether oxygens (including phenoxy) is 1. The van der Waals surface area contributed by atoms with Crippen LogP contribution in [0.15, 0.2) is 12.2 Å². The van der Waals surface area contributed by atoms with E-state index in [1.165, 1.54) is 12.8 Å². The fourth-order valence-corrected chi connectivity index (χ4v) is 2.92. The maximum Gasteiger partial charge on any atom is 0.223 e. The van der Waals surface area contributed by atoms with Crippen LogP contribution in [0, 0.1) is 11.8 Å². The van der Waals surface area contributed by atoms with Gasteiger partial charge in [0.1, 0.15) is 6.10 Å². The molecule has 0 aromatic carbocycles. The molecule has 0 radical (unpaired) electrons. The lowest BCUT2D eigenvalue weighted by molar-refractivity contribution is -0.131. The predicted octanol–water partition coefficient (Wildman–Crippen LogP) is 0.503. The van der Waals surface area contributed by atoms with Gasteiger partial charge in [-0.1, -0.05) is 18.6 Å². The van der Waals surface area contributed by atoms with Crippen LogP contribution in [-0.4, -0.2) is 48.3 Å². The number of aliphatic hydroxyl groups excluding tert-OH is 1. The van der Waals surface area contributed by atoms with Crippen LogP contribution in [-0.2, 0) is 14.3 Å². The molecule has 2 saturated carbocycles. The summed E-state index contributed by atoms with van der Waals surface area (Å²) in [5.74, 6) is 0.764. The predicted molar refractivity (Wildman–Crippen MR) is 84.5 cm³/mol. The molecule has 0 spiro atoms. The van der Waals surface area contributed by atoms with E-state index in [1.54, 1.807) is 0 Å². The van der Waals surface area contributed by atoms with Crippen LogP contribution in [0.2, 0.25) is 0 Å². The maximum atomic E-state index is 12.0. The molecule has 2 aliphatic carbocycles. The van der Waals surface area contributed by atoms with E-state index in [9.17, 15) is 14.7 Å². The van der Waals surface area contributed by atoms with E-state index in [2.05, 4.69) is 10.6 Å². The van der Waals surface area contributed by atoms with Crippen molar-refractivity contribution in [2.24, 2.45) is 11.8 Å². The van der Waals surface area contributed by atoms with Crippen LogP contribution >= 0.6 is 0 Å². The zero-order valence-electron chi connectivity index (χ0n) is 13.4. The van der Waals surface area contributed by atoms with Gasteiger partial charge in [-0.2, -0.15) is 0 Å². The number of hydrogen-bond acceptors (Lipinski definition) is 4. The quantitative estimate of drug-likeness (QED) is 0.596. The van der Waals surface area contributed by atoms with E-state index in [4.69, 9.17) is 4.74 Å². The number of rotatable bonds is 7. The van der Waals surface area contributed by atoms with E-state index >= 15 is 0 Å². The average Bonchev–Trinajstić information content (AvgIpc) is 3.29. The molecular formula is C17H26N2O4. The minimum Gasteiger partial charge on any atom is -0.394 e. The Bertz CT molecular complexity index is 471. The third-order valence-electron chi connectivity index (χ3n) is 4.92. The lowest BCUT2D eigenvalue weighted by Crippen LogP contribution is -2.51. The molecular weight excluding hydrogens is 296 g/mol. The Kier molecular flexibility index (Phi) is 5.33. The molecule has 0 unspecified atom stereocenters. The lowest BCUT2D eigenvalue weighted by atomic mass is 9.84. The first kappa shape index (κ1) is 16.5. The Labute approximate surface area is 136 Å². The van der Waals surface area contributed by atoms with Crippen molar-refractivity contribution in [2.75, 3.05) is 13.2 Å². The summed E-state index contributed by atoms with van der Waals surface area (Å²) in [6.07, 6.45) is 8.47. The van der Waals surface area contributed by atoms with E-state index < -0.39 is 6.10 Å². The molecule has 3 atom stereocenters. The van der Waals surface area contributed by atoms with E-state index in [-0.39, 0.29) is 42.9 Å². The molecule has 2 fully saturated rings. The Hall–Kier alpha value is -1.40. The monoisotopic (exact) mass is 322 g/mol. The number of hydrogen-bond donors (Lipinski definition) is 3. The molecule has 1 aliphatic heterocycles. The van der Waals surface area contributed by atoms with E-state index in [0.717, 1.165) is 25.8 Å². The molecule has 1 heterocycles. The fraction of sp³-hybridized carbons (Fsp3) is 0.765. The van der Waals surface area contributed by atoms with Crippen LogP contribution in [0.4, 0.5) is 0 Å². The molecule has 0 bridgehead atoms. The zero-order valence-corrected chi connectivity index (χ0v) is 13.4. The highest BCUT2D eigenvalue weighted by Gasteiger charge is 2.32. The van der Waals surface area contributed by atoms with Crippen molar-refractivity contribution in [1.29, 1.82) is 0 Å². The summed E-state index contributed by atoms with van der Waals surface area (Å²) in [7, 11) is 0. The molecule has 128 valence electrons. The van der Waals surface area contributed by atoms with Gasteiger partial charge in [-0.05, 0) is 31.6 Å². The van der Waals surface area contributed by atoms with Gasteiger partial charge in [0.05, 0.1) is 25.2 Å². The minimum absolute atomic E-state index is 0.0276. The normalized spacial score (nSPS) is 30.6. The van der Waals surface area contributed by atoms with Crippen LogP contribution in [0.5, 0.6) is 0 Å². The fourth-order valence-electron chi connectivity index (χ4n) is 2.92. The smallest absolute Gasteiger partial charge is 0.223 e. The van der Waals surface area contributed by atoms with Crippen LogP contribution in [0.25, 0.3) is 0 Å². The average molecular weight is 322 g/mol. The van der Waals surface area contributed by atoms with Crippen molar-refractivity contribution in [1.82, 2.24) is 10.6 Å². The first-order valence-electron chi connectivity index (χ1n) is 8.67. The highest BCUT2D eigenvalue weighted by molar-refractivity contribution is 5.80. The summed E-state index contributed by atoms with van der Waals surface area (Å²) in [5.41, 5.74) is 0. The van der Waals surface area contributed by atoms with Crippen molar-refractivity contribution in [3.8, 4) is 0 Å². The number of nitrogens with one attached hydrogen (secondary N) is 2. The van der Waals surface area contributed by atoms with E-state index in [0.29, 0.717) is 5.92 Å². The molecule has 0 aromatic heterocycles. The van der Waals surface area contributed by atoms with Crippen molar-refractivity contribution < 1.29 is 19.4 Å². The van der Waals surface area contributed by atoms with Crippen molar-refractivity contribution in [3.63, 3.8) is 0 Å². The first-order chi connectivity index (χ1) is 11.2. The Morgan fingerprint density at radius 3 is 2.57 bits per heavy atom. The highest BCUT2D eigenvalue weighted by atomic mass is 16.5. The summed E-state index contributed by atoms with van der Waals surface area (Å²) in [5, 5.41) is 15.4. The van der Waals surface area contributed by atoms with Gasteiger partial charge in [0.25, 0.3) is 0 Å². The summed E-state index contributed by atoms with van der Waals surface area (Å²) in [4.78, 5) is 23.9. The summed E-state index contributed by atoms with van der Waals surface area (Å²) < 4.78 is 5.76. The van der Waals surface area contributed by atoms with Crippen molar-refractivity contribution in [2.45, 2.75) is 56.8 Å². The molecule has 0 saturated heterocycles. The Balaban J connectivity index is 1.47. The van der Waals surface area contributed by atoms with Crippen molar-refractivity contribution in [3.05, 3.63) is 12.2 Å². The highest BCUT2D eigenvalue weighted by Crippen LogP contribution is 2.28. The lowest BCUT2D eigenvalue weighted by Gasteiger charge is -2.33. The molecule has 3 rings (SSSR count). The largest absolute Gasteiger partial charge is 0.394 e. The SMILES string of the molecule is O=C(C[C@@H]1C=C[C@@H](NC(=O)C2CCC2)[C@H](CO)O1)NCC1CC1. The topological polar surface area (TPSA) is 87.7 Å². The molecule has 3 aliphatic rings. The maximum absolute atomic E-state index is 12.0. The molecule has 3 N–H and O–H groups in total. The summed E-state index contributed by atoms with van der Waals surface area (Å²) in [6, 6.07) is -0.320. The molecule has 6 nitrogen and oxygen atoms in total. The van der Waals surface area contributed by atoms with Gasteiger partial charge < -0.3 is 20.5 Å². The number of amides is 2. The second-order valence-corrected chi connectivity index (χ2v) is 6.89. The number of carbonyl (C=O) groups excluding carboxylic acids is 2. The molecule has 2 amide bonds. The first-order valence-corrected chi connectivity index (χ1v) is 8.67. The van der Waals surface area contributed by atoms with Gasteiger partial charge >= 0.3 is 0 Å². The Morgan fingerprint density at radius 2 is 1.96 bits per heavy atom. The van der Waals surface area contributed by atoms with Crippen LogP contribution < -0.4 is 10.6 Å².